The fourth-order valence-corrected chi connectivity index (χ4v) is 2.39. The molecule has 1 heterocycles. The molecule has 21 heavy (non-hydrogen) atoms. The topological polar surface area (TPSA) is 85.3 Å². The fourth-order valence-electron chi connectivity index (χ4n) is 2.02. The summed E-state index contributed by atoms with van der Waals surface area (Å²) in [5, 5.41) is 3.46. The van der Waals surface area contributed by atoms with E-state index in [0.717, 1.165) is 9.86 Å². The summed E-state index contributed by atoms with van der Waals surface area (Å²) in [5.41, 5.74) is 6.01. The Morgan fingerprint density at radius 2 is 2.19 bits per heavy atom. The van der Waals surface area contributed by atoms with E-state index in [1.165, 1.54) is 0 Å². The van der Waals surface area contributed by atoms with Crippen LogP contribution in [0.5, 0.6) is 0 Å². The molecule has 112 valence electrons. The molecule has 1 aromatic heterocycles. The van der Waals surface area contributed by atoms with Crippen molar-refractivity contribution in [2.75, 3.05) is 13.1 Å². The highest BCUT2D eigenvalue weighted by atomic mass is 79.9. The van der Waals surface area contributed by atoms with E-state index in [2.05, 4.69) is 21.2 Å². The SMILES string of the molecule is Cc1c(C(=O)NCC(C)CN)c(=O)oc2ccc(Br)cc12. The Labute approximate surface area is 130 Å². The lowest BCUT2D eigenvalue weighted by Gasteiger charge is -2.11. The molecule has 0 aliphatic carbocycles. The number of aryl methyl sites for hydroxylation is 1. The molecule has 0 saturated heterocycles. The first-order chi connectivity index (χ1) is 9.93. The summed E-state index contributed by atoms with van der Waals surface area (Å²) < 4.78 is 6.08. The Hall–Kier alpha value is -1.66. The zero-order valence-corrected chi connectivity index (χ0v) is 13.5. The predicted octanol–water partition coefficient (Wildman–Crippen LogP) is 2.19. The molecule has 1 aromatic carbocycles. The minimum absolute atomic E-state index is 0.0461. The summed E-state index contributed by atoms with van der Waals surface area (Å²) >= 11 is 3.37. The molecule has 0 aliphatic rings. The minimum Gasteiger partial charge on any atom is -0.422 e. The molecule has 2 aromatic rings. The number of carbonyl (C=O) groups is 1. The van der Waals surface area contributed by atoms with Gasteiger partial charge in [-0.05, 0) is 43.1 Å². The molecule has 0 aliphatic heterocycles. The number of carbonyl (C=O) groups excluding carboxylic acids is 1. The van der Waals surface area contributed by atoms with Gasteiger partial charge in [-0.25, -0.2) is 4.79 Å². The summed E-state index contributed by atoms with van der Waals surface area (Å²) in [6.45, 7) is 4.56. The van der Waals surface area contributed by atoms with Crippen molar-refractivity contribution in [2.24, 2.45) is 11.7 Å². The van der Waals surface area contributed by atoms with Crippen LogP contribution in [0.3, 0.4) is 0 Å². The minimum atomic E-state index is -0.625. The lowest BCUT2D eigenvalue weighted by Crippen LogP contribution is -2.34. The summed E-state index contributed by atoms with van der Waals surface area (Å²) in [6, 6.07) is 5.31. The van der Waals surface area contributed by atoms with Crippen LogP contribution >= 0.6 is 15.9 Å². The Morgan fingerprint density at radius 1 is 1.48 bits per heavy atom. The van der Waals surface area contributed by atoms with E-state index in [1.807, 2.05) is 13.0 Å². The molecule has 1 amide bonds. The fraction of sp³-hybridized carbons (Fsp3) is 0.333. The largest absolute Gasteiger partial charge is 0.422 e. The Kier molecular flexibility index (Phi) is 4.80. The van der Waals surface area contributed by atoms with Crippen LogP contribution in [0.25, 0.3) is 11.0 Å². The normalized spacial score (nSPS) is 12.4. The number of amides is 1. The Bertz CT molecular complexity index is 740. The quantitative estimate of drug-likeness (QED) is 0.825. The smallest absolute Gasteiger partial charge is 0.349 e. The number of benzene rings is 1. The van der Waals surface area contributed by atoms with Crippen molar-refractivity contribution >= 4 is 32.8 Å². The van der Waals surface area contributed by atoms with Gasteiger partial charge in [-0.2, -0.15) is 0 Å². The second-order valence-corrected chi connectivity index (χ2v) is 6.00. The third kappa shape index (κ3) is 3.33. The van der Waals surface area contributed by atoms with Crippen LogP contribution in [0.2, 0.25) is 0 Å². The molecular formula is C15H17BrN2O3. The van der Waals surface area contributed by atoms with Crippen molar-refractivity contribution in [3.05, 3.63) is 44.2 Å². The Morgan fingerprint density at radius 3 is 2.86 bits per heavy atom. The number of hydrogen-bond acceptors (Lipinski definition) is 4. The van der Waals surface area contributed by atoms with Gasteiger partial charge in [0, 0.05) is 16.4 Å². The lowest BCUT2D eigenvalue weighted by molar-refractivity contribution is 0.0944. The van der Waals surface area contributed by atoms with Crippen LogP contribution in [-0.2, 0) is 0 Å². The van der Waals surface area contributed by atoms with Gasteiger partial charge in [0.05, 0.1) is 0 Å². The molecule has 0 saturated carbocycles. The van der Waals surface area contributed by atoms with Gasteiger partial charge in [0.2, 0.25) is 0 Å². The van der Waals surface area contributed by atoms with E-state index in [-0.39, 0.29) is 11.5 Å². The molecule has 6 heteroatoms. The summed E-state index contributed by atoms with van der Waals surface area (Å²) in [6.07, 6.45) is 0. The van der Waals surface area contributed by atoms with Crippen LogP contribution in [0, 0.1) is 12.8 Å². The van der Waals surface area contributed by atoms with Crippen LogP contribution in [0.4, 0.5) is 0 Å². The van der Waals surface area contributed by atoms with Crippen molar-refractivity contribution in [3.63, 3.8) is 0 Å². The maximum atomic E-state index is 12.2. The molecule has 0 spiro atoms. The van der Waals surface area contributed by atoms with E-state index in [0.29, 0.717) is 24.2 Å². The summed E-state index contributed by atoms with van der Waals surface area (Å²) in [7, 11) is 0. The molecule has 1 atom stereocenters. The van der Waals surface area contributed by atoms with Gasteiger partial charge in [0.15, 0.2) is 0 Å². The van der Waals surface area contributed by atoms with E-state index in [1.54, 1.807) is 19.1 Å². The maximum Gasteiger partial charge on any atom is 0.349 e. The second-order valence-electron chi connectivity index (χ2n) is 5.08. The van der Waals surface area contributed by atoms with Crippen LogP contribution in [0.1, 0.15) is 22.8 Å². The van der Waals surface area contributed by atoms with E-state index in [4.69, 9.17) is 10.2 Å². The highest BCUT2D eigenvalue weighted by molar-refractivity contribution is 9.10. The zero-order chi connectivity index (χ0) is 15.6. The number of nitrogens with one attached hydrogen (secondary N) is 1. The molecule has 2 rings (SSSR count). The number of hydrogen-bond donors (Lipinski definition) is 2. The van der Waals surface area contributed by atoms with Crippen molar-refractivity contribution in [1.29, 1.82) is 0 Å². The monoisotopic (exact) mass is 352 g/mol. The molecule has 5 nitrogen and oxygen atoms in total. The first-order valence-corrected chi connectivity index (χ1v) is 7.44. The average Bonchev–Trinajstić information content (AvgIpc) is 2.45. The van der Waals surface area contributed by atoms with Gasteiger partial charge in [-0.3, -0.25) is 4.79 Å². The average molecular weight is 353 g/mol. The second kappa shape index (κ2) is 6.41. The number of nitrogens with two attached hydrogens (primary N) is 1. The predicted molar refractivity (Wildman–Crippen MR) is 85.5 cm³/mol. The first kappa shape index (κ1) is 15.7. The maximum absolute atomic E-state index is 12.2. The summed E-state index contributed by atoms with van der Waals surface area (Å²) in [5.74, 6) is -0.278. The number of fused-ring (bicyclic) bond motifs is 1. The highest BCUT2D eigenvalue weighted by Crippen LogP contribution is 2.23. The van der Waals surface area contributed by atoms with Crippen LogP contribution in [-0.4, -0.2) is 19.0 Å². The molecule has 0 fully saturated rings. The third-order valence-corrected chi connectivity index (χ3v) is 3.86. The van der Waals surface area contributed by atoms with Crippen molar-refractivity contribution < 1.29 is 9.21 Å². The summed E-state index contributed by atoms with van der Waals surface area (Å²) in [4.78, 5) is 24.2. The Balaban J connectivity index is 2.44. The van der Waals surface area contributed by atoms with E-state index in [9.17, 15) is 9.59 Å². The molecule has 0 radical (unpaired) electrons. The van der Waals surface area contributed by atoms with Gasteiger partial charge in [-0.15, -0.1) is 0 Å². The first-order valence-electron chi connectivity index (χ1n) is 6.65. The lowest BCUT2D eigenvalue weighted by atomic mass is 10.1. The van der Waals surface area contributed by atoms with Crippen LogP contribution in [0.15, 0.2) is 31.9 Å². The number of halogens is 1. The molecule has 3 N–H and O–H groups in total. The van der Waals surface area contributed by atoms with E-state index < -0.39 is 11.5 Å². The van der Waals surface area contributed by atoms with Gasteiger partial charge < -0.3 is 15.5 Å². The van der Waals surface area contributed by atoms with Crippen molar-refractivity contribution in [3.8, 4) is 0 Å². The molecular weight excluding hydrogens is 336 g/mol. The van der Waals surface area contributed by atoms with E-state index >= 15 is 0 Å². The zero-order valence-electron chi connectivity index (χ0n) is 11.9. The standard InChI is InChI=1S/C15H17BrN2O3/c1-8(6-17)7-18-14(19)13-9(2)11-5-10(16)3-4-12(11)21-15(13)20/h3-5,8H,6-7,17H2,1-2H3,(H,18,19). The van der Waals surface area contributed by atoms with Gasteiger partial charge in [0.25, 0.3) is 5.91 Å². The molecule has 0 bridgehead atoms. The van der Waals surface area contributed by atoms with Crippen molar-refractivity contribution in [2.45, 2.75) is 13.8 Å². The highest BCUT2D eigenvalue weighted by Gasteiger charge is 2.18. The van der Waals surface area contributed by atoms with Gasteiger partial charge >= 0.3 is 5.63 Å². The third-order valence-electron chi connectivity index (χ3n) is 3.37. The van der Waals surface area contributed by atoms with Gasteiger partial charge in [-0.1, -0.05) is 22.9 Å². The molecule has 1 unspecified atom stereocenters. The van der Waals surface area contributed by atoms with Gasteiger partial charge in [0.1, 0.15) is 11.1 Å². The van der Waals surface area contributed by atoms with Crippen molar-refractivity contribution in [1.82, 2.24) is 5.32 Å². The van der Waals surface area contributed by atoms with Crippen LogP contribution < -0.4 is 16.7 Å². The number of rotatable bonds is 4.